The Morgan fingerprint density at radius 2 is 1.48 bits per heavy atom. The van der Waals surface area contributed by atoms with Gasteiger partial charge in [0.1, 0.15) is 12.8 Å². The number of amides is 1. The maximum absolute atomic E-state index is 13.9. The Morgan fingerprint density at radius 3 is 2.14 bits per heavy atom. The highest BCUT2D eigenvalue weighted by Gasteiger charge is 2.26. The van der Waals surface area contributed by atoms with E-state index in [0.29, 0.717) is 34.2 Å². The van der Waals surface area contributed by atoms with E-state index in [1.54, 1.807) is 13.8 Å². The fourth-order valence-electron chi connectivity index (χ4n) is 5.51. The van der Waals surface area contributed by atoms with Crippen molar-refractivity contribution >= 4 is 45.1 Å². The van der Waals surface area contributed by atoms with Crippen molar-refractivity contribution in [1.82, 2.24) is 0 Å². The van der Waals surface area contributed by atoms with Crippen molar-refractivity contribution in [2.75, 3.05) is 5.32 Å². The van der Waals surface area contributed by atoms with Gasteiger partial charge in [-0.3, -0.25) is 14.9 Å². The Morgan fingerprint density at radius 1 is 0.833 bits per heavy atom. The first-order valence-corrected chi connectivity index (χ1v) is 13.7. The highest BCUT2D eigenvalue weighted by Crippen LogP contribution is 2.32. The van der Waals surface area contributed by atoms with E-state index in [-0.39, 0.29) is 18.0 Å². The predicted octanol–water partition coefficient (Wildman–Crippen LogP) is 6.75. The van der Waals surface area contributed by atoms with Crippen molar-refractivity contribution in [3.05, 3.63) is 116 Å². The van der Waals surface area contributed by atoms with Crippen LogP contribution in [0.1, 0.15) is 44.6 Å². The molecule has 0 aliphatic carbocycles. The third-order valence-corrected chi connectivity index (χ3v) is 7.67. The molecule has 0 unspecified atom stereocenters. The first-order chi connectivity index (χ1) is 20.0. The number of esters is 1. The molecule has 1 N–H and O–H groups in total. The highest BCUT2D eigenvalue weighted by molar-refractivity contribution is 6.13. The summed E-state index contributed by atoms with van der Waals surface area (Å²) in [6.07, 6.45) is 0.762. The minimum atomic E-state index is -0.554. The van der Waals surface area contributed by atoms with Crippen LogP contribution in [-0.2, 0) is 18.3 Å². The number of ether oxygens (including phenoxy) is 1. The number of carbonyl (C=O) groups is 2. The molecule has 42 heavy (non-hydrogen) atoms. The second kappa shape index (κ2) is 11.4. The van der Waals surface area contributed by atoms with E-state index < -0.39 is 10.9 Å². The van der Waals surface area contributed by atoms with E-state index in [2.05, 4.69) is 5.32 Å². The number of para-hydroxylation sites is 2. The van der Waals surface area contributed by atoms with Crippen LogP contribution in [0.25, 0.3) is 21.8 Å². The molecule has 0 saturated carbocycles. The summed E-state index contributed by atoms with van der Waals surface area (Å²) in [5, 5.41) is 15.8. The van der Waals surface area contributed by atoms with Crippen LogP contribution < -0.4 is 14.6 Å². The molecule has 0 saturated heterocycles. The number of hydrogen-bond donors (Lipinski definition) is 1. The lowest BCUT2D eigenvalue weighted by molar-refractivity contribution is -0.617. The van der Waals surface area contributed by atoms with Crippen LogP contribution in [-0.4, -0.2) is 16.8 Å². The van der Waals surface area contributed by atoms with Gasteiger partial charge in [0.05, 0.1) is 21.3 Å². The standard InChI is InChI=1S/C34H31N3O5/c1-20-9-8-10-21(2)32(20)35-30(38)16-14-24-13-15-29-27(19-24)31(26-11-6-7-12-28(26)36(29)5)34(39)42-33-22(3)17-25(37(40)41)18-23(33)4/h6-13,15,17-19H,14,16H2,1-5H3/p+1. The molecule has 0 spiro atoms. The van der Waals surface area contributed by atoms with E-state index in [1.165, 1.54) is 12.1 Å². The van der Waals surface area contributed by atoms with Crippen molar-refractivity contribution in [2.24, 2.45) is 7.05 Å². The largest absolute Gasteiger partial charge is 0.422 e. The Labute approximate surface area is 243 Å². The van der Waals surface area contributed by atoms with Gasteiger partial charge in [0, 0.05) is 36.4 Å². The molecule has 5 aromatic rings. The number of carbonyl (C=O) groups excluding carboxylic acids is 2. The average Bonchev–Trinajstić information content (AvgIpc) is 2.95. The van der Waals surface area contributed by atoms with Gasteiger partial charge in [0.15, 0.2) is 0 Å². The second-order valence-corrected chi connectivity index (χ2v) is 10.7. The number of anilines is 1. The van der Waals surface area contributed by atoms with E-state index in [9.17, 15) is 19.7 Å². The van der Waals surface area contributed by atoms with Crippen molar-refractivity contribution in [1.29, 1.82) is 0 Å². The predicted molar refractivity (Wildman–Crippen MR) is 163 cm³/mol. The molecule has 0 fully saturated rings. The van der Waals surface area contributed by atoms with Gasteiger partial charge >= 0.3 is 5.97 Å². The third kappa shape index (κ3) is 5.43. The average molecular weight is 563 g/mol. The maximum atomic E-state index is 13.9. The van der Waals surface area contributed by atoms with Gasteiger partial charge in [0.25, 0.3) is 5.69 Å². The molecule has 8 nitrogen and oxygen atoms in total. The lowest BCUT2D eigenvalue weighted by atomic mass is 9.98. The SMILES string of the molecule is Cc1cccc(C)c1NC(=O)CCc1ccc2c(c1)c(C(=O)Oc1c(C)cc([N+](=O)[O-])cc1C)c1ccccc1[n+]2C. The Kier molecular flexibility index (Phi) is 7.72. The molecule has 0 aliphatic rings. The van der Waals surface area contributed by atoms with Crippen LogP contribution in [0, 0.1) is 37.8 Å². The lowest BCUT2D eigenvalue weighted by Gasteiger charge is -2.14. The normalized spacial score (nSPS) is 11.1. The summed E-state index contributed by atoms with van der Waals surface area (Å²) in [6, 6.07) is 22.2. The summed E-state index contributed by atoms with van der Waals surface area (Å²) >= 11 is 0. The molecule has 0 aliphatic heterocycles. The Hall–Kier alpha value is -5.11. The number of nitro groups is 1. The quantitative estimate of drug-likeness (QED) is 0.0590. The van der Waals surface area contributed by atoms with Crippen LogP contribution in [0.15, 0.2) is 72.8 Å². The number of rotatable bonds is 7. The van der Waals surface area contributed by atoms with Crippen LogP contribution in [0.3, 0.4) is 0 Å². The van der Waals surface area contributed by atoms with Gasteiger partial charge in [-0.2, -0.15) is 4.57 Å². The summed E-state index contributed by atoms with van der Waals surface area (Å²) in [7, 11) is 1.95. The summed E-state index contributed by atoms with van der Waals surface area (Å²) in [4.78, 5) is 37.6. The number of pyridine rings is 1. The number of nitro benzene ring substituents is 1. The summed E-state index contributed by atoms with van der Waals surface area (Å²) in [5.74, 6) is -0.336. The van der Waals surface area contributed by atoms with Gasteiger partial charge in [-0.15, -0.1) is 0 Å². The van der Waals surface area contributed by atoms with E-state index in [0.717, 1.165) is 38.8 Å². The van der Waals surface area contributed by atoms with Crippen molar-refractivity contribution in [3.63, 3.8) is 0 Å². The van der Waals surface area contributed by atoms with Crippen molar-refractivity contribution in [3.8, 4) is 5.75 Å². The molecule has 5 rings (SSSR count). The number of aryl methyl sites for hydroxylation is 6. The van der Waals surface area contributed by atoms with E-state index in [1.807, 2.05) is 86.1 Å². The van der Waals surface area contributed by atoms with Gasteiger partial charge in [-0.25, -0.2) is 4.79 Å². The number of aromatic nitrogens is 1. The number of hydrogen-bond acceptors (Lipinski definition) is 5. The van der Waals surface area contributed by atoms with Crippen molar-refractivity contribution in [2.45, 2.75) is 40.5 Å². The lowest BCUT2D eigenvalue weighted by Crippen LogP contribution is -2.31. The maximum Gasteiger partial charge on any atom is 0.345 e. The smallest absolute Gasteiger partial charge is 0.345 e. The molecular weight excluding hydrogens is 530 g/mol. The number of nitrogens with zero attached hydrogens (tertiary/aromatic N) is 2. The monoisotopic (exact) mass is 562 g/mol. The van der Waals surface area contributed by atoms with Gasteiger partial charge < -0.3 is 10.1 Å². The van der Waals surface area contributed by atoms with Gasteiger partial charge in [-0.05, 0) is 74.1 Å². The van der Waals surface area contributed by atoms with Crippen molar-refractivity contribution < 1.29 is 23.8 Å². The first-order valence-electron chi connectivity index (χ1n) is 13.7. The topological polar surface area (TPSA) is 102 Å². The molecule has 0 radical (unpaired) electrons. The summed E-state index contributed by atoms with van der Waals surface area (Å²) < 4.78 is 7.97. The molecule has 1 amide bonds. The van der Waals surface area contributed by atoms with Gasteiger partial charge in [-0.1, -0.05) is 36.4 Å². The van der Waals surface area contributed by atoms with Crippen LogP contribution in [0.2, 0.25) is 0 Å². The first kappa shape index (κ1) is 28.4. The van der Waals surface area contributed by atoms with Crippen LogP contribution >= 0.6 is 0 Å². The molecule has 212 valence electrons. The molecule has 4 aromatic carbocycles. The Balaban J connectivity index is 1.52. The summed E-state index contributed by atoms with van der Waals surface area (Å²) in [5.41, 5.74) is 6.80. The molecule has 8 heteroatoms. The van der Waals surface area contributed by atoms with Crippen LogP contribution in [0.5, 0.6) is 5.75 Å². The van der Waals surface area contributed by atoms with Crippen LogP contribution in [0.4, 0.5) is 11.4 Å². The number of nitrogens with one attached hydrogen (secondary N) is 1. The summed E-state index contributed by atoms with van der Waals surface area (Å²) in [6.45, 7) is 7.31. The fraction of sp³-hybridized carbons (Fsp3) is 0.206. The number of fused-ring (bicyclic) bond motifs is 2. The zero-order valence-electron chi connectivity index (χ0n) is 24.3. The molecule has 1 heterocycles. The second-order valence-electron chi connectivity index (χ2n) is 10.7. The third-order valence-electron chi connectivity index (χ3n) is 7.67. The number of benzene rings is 4. The van der Waals surface area contributed by atoms with E-state index in [4.69, 9.17) is 4.74 Å². The zero-order chi connectivity index (χ0) is 30.1. The minimum absolute atomic E-state index is 0.0568. The fourth-order valence-corrected chi connectivity index (χ4v) is 5.51. The minimum Gasteiger partial charge on any atom is -0.422 e. The van der Waals surface area contributed by atoms with Gasteiger partial charge in [0.2, 0.25) is 16.9 Å². The molecule has 1 aromatic heterocycles. The highest BCUT2D eigenvalue weighted by atomic mass is 16.6. The van der Waals surface area contributed by atoms with E-state index >= 15 is 0 Å². The Bertz CT molecular complexity index is 1870. The molecule has 0 atom stereocenters. The number of non-ortho nitro benzene ring substituents is 1. The molecule has 0 bridgehead atoms. The zero-order valence-corrected chi connectivity index (χ0v) is 24.3. The molecular formula is C34H32N3O5+.